The van der Waals surface area contributed by atoms with Crippen LogP contribution in [0.4, 0.5) is 21.0 Å². The molecule has 9 nitrogen and oxygen atoms in total. The molecule has 31 heavy (non-hydrogen) atoms. The molecule has 1 atom stereocenters. The predicted octanol–water partition coefficient (Wildman–Crippen LogP) is 3.03. The number of ether oxygens (including phenoxy) is 1. The summed E-state index contributed by atoms with van der Waals surface area (Å²) < 4.78 is 24.1. The van der Waals surface area contributed by atoms with E-state index in [1.165, 1.54) is 35.2 Å². The molecule has 0 radical (unpaired) electrons. The lowest BCUT2D eigenvalue weighted by Crippen LogP contribution is -2.39. The van der Waals surface area contributed by atoms with E-state index in [2.05, 4.69) is 10.1 Å². The summed E-state index contributed by atoms with van der Waals surface area (Å²) in [5, 5.41) is 4.04. The summed E-state index contributed by atoms with van der Waals surface area (Å²) in [5.41, 5.74) is 11.9. The maximum Gasteiger partial charge on any atom is 0.255 e. The van der Waals surface area contributed by atoms with Crippen LogP contribution in [0.3, 0.4) is 0 Å². The van der Waals surface area contributed by atoms with Crippen LogP contribution in [0.2, 0.25) is 0 Å². The Hall–Kier alpha value is -3.47. The number of hydrogen-bond donors (Lipinski definition) is 2. The van der Waals surface area contributed by atoms with E-state index in [4.69, 9.17) is 20.7 Å². The maximum atomic E-state index is 13.4. The number of hydrogen-bond acceptors (Lipinski definition) is 9. The molecule has 1 aromatic carbocycles. The minimum absolute atomic E-state index is 0.0347. The molecule has 0 spiro atoms. The Labute approximate surface area is 180 Å². The third-order valence-electron chi connectivity index (χ3n) is 5.01. The molecule has 2 aromatic heterocycles. The molecule has 0 saturated heterocycles. The van der Waals surface area contributed by atoms with Crippen molar-refractivity contribution in [2.24, 2.45) is 5.73 Å². The first-order valence-electron chi connectivity index (χ1n) is 9.62. The van der Waals surface area contributed by atoms with Gasteiger partial charge in [-0.1, -0.05) is 11.3 Å². The number of rotatable bonds is 8. The van der Waals surface area contributed by atoms with E-state index >= 15 is 0 Å². The third kappa shape index (κ3) is 4.22. The molecule has 1 aliphatic carbocycles. The normalized spacial score (nSPS) is 14.6. The Bertz CT molecular complexity index is 1110. The maximum absolute atomic E-state index is 13.4. The van der Waals surface area contributed by atoms with Crippen LogP contribution < -0.4 is 21.1 Å². The lowest BCUT2D eigenvalue weighted by Gasteiger charge is -2.26. The smallest absolute Gasteiger partial charge is 0.255 e. The summed E-state index contributed by atoms with van der Waals surface area (Å²) in [4.78, 5) is 30.6. The average molecular weight is 445 g/mol. The van der Waals surface area contributed by atoms with Crippen LogP contribution in [0.5, 0.6) is 5.88 Å². The number of thiazole rings is 1. The van der Waals surface area contributed by atoms with Crippen LogP contribution in [0.1, 0.15) is 41.6 Å². The number of primary amides is 1. The van der Waals surface area contributed by atoms with Crippen LogP contribution in [0.15, 0.2) is 34.9 Å². The fraction of sp³-hybridized carbons (Fsp3) is 0.300. The average Bonchev–Trinajstić information content (AvgIpc) is 3.32. The first-order valence-corrected chi connectivity index (χ1v) is 10.4. The molecule has 1 aliphatic rings. The van der Waals surface area contributed by atoms with Gasteiger partial charge in [0.25, 0.3) is 5.88 Å². The zero-order chi connectivity index (χ0) is 22.1. The van der Waals surface area contributed by atoms with Gasteiger partial charge < -0.3 is 25.6 Å². The van der Waals surface area contributed by atoms with Gasteiger partial charge in [0, 0.05) is 5.69 Å². The molecule has 1 fully saturated rings. The van der Waals surface area contributed by atoms with Gasteiger partial charge in [0.2, 0.25) is 17.5 Å². The molecule has 3 aromatic rings. The number of carbonyl (C=O) groups excluding carboxylic acids is 2. The molecular formula is C20H20FN5O4S. The van der Waals surface area contributed by atoms with Crippen molar-refractivity contribution in [2.45, 2.75) is 38.3 Å². The van der Waals surface area contributed by atoms with Crippen molar-refractivity contribution >= 4 is 39.7 Å². The highest BCUT2D eigenvalue weighted by Gasteiger charge is 2.29. The Morgan fingerprint density at radius 1 is 1.32 bits per heavy atom. The highest BCUT2D eigenvalue weighted by atomic mass is 32.1. The van der Waals surface area contributed by atoms with E-state index in [-0.39, 0.29) is 33.6 Å². The highest BCUT2D eigenvalue weighted by molar-refractivity contribution is 7.18. The zero-order valence-corrected chi connectivity index (χ0v) is 17.4. The van der Waals surface area contributed by atoms with Crippen LogP contribution in [-0.2, 0) is 4.79 Å². The molecular weight excluding hydrogens is 425 g/mol. The lowest BCUT2D eigenvalue weighted by atomic mass is 9.96. The number of anilines is 3. The van der Waals surface area contributed by atoms with Gasteiger partial charge in [-0.05, 0) is 55.6 Å². The zero-order valence-electron chi connectivity index (χ0n) is 16.6. The fourth-order valence-electron chi connectivity index (χ4n) is 3.01. The standard InChI is InChI=1S/C20H20FN5O4S/c1-10(19(23)28)26(12-7-5-11(21)6-8-12)20-24-18(22)17(31-20)16(27)14-9-15(25-30-14)29-13-3-2-4-13/h5-10,13H,2-4,22H2,1H3,(H2,23,28)/t10-/m1/s1. The van der Waals surface area contributed by atoms with Gasteiger partial charge in [0.05, 0.1) is 6.07 Å². The molecule has 11 heteroatoms. The Morgan fingerprint density at radius 3 is 2.65 bits per heavy atom. The van der Waals surface area contributed by atoms with Crippen molar-refractivity contribution in [3.63, 3.8) is 0 Å². The summed E-state index contributed by atoms with van der Waals surface area (Å²) in [6.07, 6.45) is 3.08. The molecule has 0 bridgehead atoms. The van der Waals surface area contributed by atoms with Gasteiger partial charge in [-0.3, -0.25) is 9.59 Å². The summed E-state index contributed by atoms with van der Waals surface area (Å²) in [5.74, 6) is -1.40. The second-order valence-electron chi connectivity index (χ2n) is 7.16. The summed E-state index contributed by atoms with van der Waals surface area (Å²) >= 11 is 0.964. The monoisotopic (exact) mass is 445 g/mol. The van der Waals surface area contributed by atoms with Crippen molar-refractivity contribution in [1.82, 2.24) is 10.1 Å². The summed E-state index contributed by atoms with van der Waals surface area (Å²) in [6, 6.07) is 6.05. The topological polar surface area (TPSA) is 138 Å². The molecule has 4 N–H and O–H groups in total. The quantitative estimate of drug-likeness (QED) is 0.505. The Balaban J connectivity index is 1.63. The van der Waals surface area contributed by atoms with Crippen LogP contribution in [-0.4, -0.2) is 34.0 Å². The predicted molar refractivity (Wildman–Crippen MR) is 112 cm³/mol. The number of carbonyl (C=O) groups is 2. The number of halogens is 1. The number of nitrogens with two attached hydrogens (primary N) is 2. The lowest BCUT2D eigenvalue weighted by molar-refractivity contribution is -0.118. The van der Waals surface area contributed by atoms with Gasteiger partial charge in [0.1, 0.15) is 28.7 Å². The van der Waals surface area contributed by atoms with Crippen molar-refractivity contribution in [2.75, 3.05) is 10.6 Å². The molecule has 0 unspecified atom stereocenters. The number of ketones is 1. The van der Waals surface area contributed by atoms with Gasteiger partial charge in [-0.25, -0.2) is 9.37 Å². The fourth-order valence-corrected chi connectivity index (χ4v) is 4.04. The van der Waals surface area contributed by atoms with Gasteiger partial charge >= 0.3 is 0 Å². The van der Waals surface area contributed by atoms with Gasteiger partial charge in [-0.2, -0.15) is 0 Å². The third-order valence-corrected chi connectivity index (χ3v) is 6.08. The van der Waals surface area contributed by atoms with Gasteiger partial charge in [0.15, 0.2) is 5.13 Å². The van der Waals surface area contributed by atoms with E-state index in [1.807, 2.05) is 0 Å². The van der Waals surface area contributed by atoms with Crippen molar-refractivity contribution < 1.29 is 23.2 Å². The number of benzene rings is 1. The molecule has 0 aliphatic heterocycles. The second kappa shape index (κ2) is 8.34. The molecule has 1 amide bonds. The van der Waals surface area contributed by atoms with Crippen molar-refractivity contribution in [3.8, 4) is 5.88 Å². The molecule has 1 saturated carbocycles. The van der Waals surface area contributed by atoms with Crippen LogP contribution >= 0.6 is 11.3 Å². The van der Waals surface area contributed by atoms with Crippen LogP contribution in [0.25, 0.3) is 0 Å². The first kappa shape index (κ1) is 20.8. The van der Waals surface area contributed by atoms with E-state index in [1.54, 1.807) is 6.92 Å². The first-order chi connectivity index (χ1) is 14.8. The Kier molecular flexibility index (Phi) is 5.59. The van der Waals surface area contributed by atoms with Crippen LogP contribution in [0, 0.1) is 5.82 Å². The SMILES string of the molecule is C[C@H](C(N)=O)N(c1ccc(F)cc1)c1nc(N)c(C(=O)c2cc(OC3CCC3)no2)s1. The minimum atomic E-state index is -0.827. The molecule has 4 rings (SSSR count). The highest BCUT2D eigenvalue weighted by Crippen LogP contribution is 2.36. The van der Waals surface area contributed by atoms with Crippen molar-refractivity contribution in [3.05, 3.63) is 46.8 Å². The molecule has 2 heterocycles. The van der Waals surface area contributed by atoms with E-state index < -0.39 is 23.5 Å². The minimum Gasteiger partial charge on any atom is -0.472 e. The summed E-state index contributed by atoms with van der Waals surface area (Å²) in [7, 11) is 0. The van der Waals surface area contributed by atoms with E-state index in [0.717, 1.165) is 30.6 Å². The second-order valence-corrected chi connectivity index (χ2v) is 8.14. The largest absolute Gasteiger partial charge is 0.472 e. The number of aromatic nitrogens is 2. The van der Waals surface area contributed by atoms with E-state index in [0.29, 0.717) is 5.69 Å². The summed E-state index contributed by atoms with van der Waals surface area (Å²) in [6.45, 7) is 1.57. The van der Waals surface area contributed by atoms with Crippen molar-refractivity contribution in [1.29, 1.82) is 0 Å². The number of amides is 1. The molecule has 162 valence electrons. The Morgan fingerprint density at radius 2 is 2.03 bits per heavy atom. The van der Waals surface area contributed by atoms with Gasteiger partial charge in [-0.15, -0.1) is 0 Å². The van der Waals surface area contributed by atoms with E-state index in [9.17, 15) is 14.0 Å². The number of nitrogen functional groups attached to an aromatic ring is 1. The number of nitrogens with zero attached hydrogens (tertiary/aromatic N) is 3.